The standard InChI is InChI=1S/C18H26Br2S2Si/c1-4-13(10-12(3)19)6-7-15-8-9-22(23)18(15)17-14(5-2)11-16(20)21-17/h8-9,11-13H,4-7,10,23H2,1-3H3. The van der Waals surface area contributed by atoms with Gasteiger partial charge < -0.3 is 0 Å². The highest BCUT2D eigenvalue weighted by molar-refractivity contribution is 9.11. The second-order valence-electron chi connectivity index (χ2n) is 6.17. The van der Waals surface area contributed by atoms with E-state index in [0.29, 0.717) is 4.83 Å². The van der Waals surface area contributed by atoms with Gasteiger partial charge in [0.05, 0.1) is 3.79 Å². The van der Waals surface area contributed by atoms with Crippen molar-refractivity contribution in [3.63, 3.8) is 0 Å². The summed E-state index contributed by atoms with van der Waals surface area (Å²) in [5, 5.41) is 2.42. The number of rotatable bonds is 8. The van der Waals surface area contributed by atoms with Crippen molar-refractivity contribution >= 4 is 66.9 Å². The summed E-state index contributed by atoms with van der Waals surface area (Å²) in [5.41, 5.74) is 3.09. The molecule has 1 aromatic heterocycles. The van der Waals surface area contributed by atoms with Gasteiger partial charge in [-0.25, -0.2) is 0 Å². The molecule has 128 valence electrons. The van der Waals surface area contributed by atoms with Crippen LogP contribution in [0.4, 0.5) is 0 Å². The Hall–Kier alpha value is 0.707. The van der Waals surface area contributed by atoms with E-state index in [2.05, 4.69) is 79.1 Å². The Morgan fingerprint density at radius 1 is 1.35 bits per heavy atom. The van der Waals surface area contributed by atoms with E-state index in [1.165, 1.54) is 39.9 Å². The molecule has 5 heteroatoms. The first-order valence-corrected chi connectivity index (χ1v) is 14.0. The van der Waals surface area contributed by atoms with E-state index in [1.54, 1.807) is 10.5 Å². The fourth-order valence-corrected chi connectivity index (χ4v) is 8.72. The molecule has 0 saturated carbocycles. The molecule has 0 aromatic carbocycles. The normalized spacial score (nSPS) is 20.3. The first kappa shape index (κ1) is 20.0. The van der Waals surface area contributed by atoms with Crippen LogP contribution in [0.2, 0.25) is 0 Å². The predicted octanol–water partition coefficient (Wildman–Crippen LogP) is 7.11. The lowest BCUT2D eigenvalue weighted by Gasteiger charge is -2.17. The van der Waals surface area contributed by atoms with Gasteiger partial charge in [-0.3, -0.25) is 0 Å². The van der Waals surface area contributed by atoms with Crippen LogP contribution in [0.5, 0.6) is 0 Å². The average molecular weight is 494 g/mol. The average Bonchev–Trinajstić information content (AvgIpc) is 3.05. The molecule has 1 aliphatic heterocycles. The van der Waals surface area contributed by atoms with E-state index >= 15 is 0 Å². The van der Waals surface area contributed by atoms with Crippen LogP contribution in [-0.2, 0) is 6.42 Å². The summed E-state index contributed by atoms with van der Waals surface area (Å²) in [6, 6.07) is 2.31. The topological polar surface area (TPSA) is 0 Å². The molecule has 0 amide bonds. The third-order valence-electron chi connectivity index (χ3n) is 4.41. The van der Waals surface area contributed by atoms with Crippen molar-refractivity contribution < 1.29 is 0 Å². The second-order valence-corrected chi connectivity index (χ2v) is 13.6. The predicted molar refractivity (Wildman–Crippen MR) is 120 cm³/mol. The van der Waals surface area contributed by atoms with Crippen LogP contribution in [0, 0.1) is 5.92 Å². The maximum absolute atomic E-state index is 3.72. The molecule has 0 spiro atoms. The van der Waals surface area contributed by atoms with Crippen molar-refractivity contribution in [2.75, 3.05) is 0 Å². The fraction of sp³-hybridized carbons (Fsp3) is 0.556. The van der Waals surface area contributed by atoms with E-state index in [1.807, 2.05) is 11.3 Å². The quantitative estimate of drug-likeness (QED) is 0.267. The number of thiophene rings is 1. The Bertz CT molecular complexity index is 629. The molecular weight excluding hydrogens is 468 g/mol. The van der Waals surface area contributed by atoms with E-state index < -0.39 is 0 Å². The van der Waals surface area contributed by atoms with E-state index in [-0.39, 0.29) is 9.89 Å². The molecule has 3 atom stereocenters. The van der Waals surface area contributed by atoms with Gasteiger partial charge in [-0.05, 0) is 70.1 Å². The van der Waals surface area contributed by atoms with Crippen LogP contribution >= 0.6 is 53.1 Å². The van der Waals surface area contributed by atoms with E-state index in [9.17, 15) is 0 Å². The summed E-state index contributed by atoms with van der Waals surface area (Å²) in [4.78, 5) is 3.78. The Balaban J connectivity index is 2.21. The van der Waals surface area contributed by atoms with E-state index in [4.69, 9.17) is 0 Å². The molecule has 1 aromatic rings. The Morgan fingerprint density at radius 3 is 2.70 bits per heavy atom. The maximum atomic E-state index is 3.72. The molecule has 0 bridgehead atoms. The summed E-state index contributed by atoms with van der Waals surface area (Å²) < 4.78 is 1.27. The zero-order valence-electron chi connectivity index (χ0n) is 14.2. The van der Waals surface area contributed by atoms with Gasteiger partial charge in [0.1, 0.15) is 0 Å². The van der Waals surface area contributed by atoms with E-state index in [0.717, 1.165) is 12.3 Å². The van der Waals surface area contributed by atoms with Gasteiger partial charge in [-0.15, -0.1) is 11.3 Å². The minimum atomic E-state index is 0.290. The molecule has 0 fully saturated rings. The molecule has 2 heterocycles. The van der Waals surface area contributed by atoms with Gasteiger partial charge in [0.15, 0.2) is 0 Å². The van der Waals surface area contributed by atoms with Crippen LogP contribution < -0.4 is 0 Å². The lowest BCUT2D eigenvalue weighted by Crippen LogP contribution is -2.05. The molecule has 23 heavy (non-hydrogen) atoms. The van der Waals surface area contributed by atoms with Gasteiger partial charge in [0.2, 0.25) is 0 Å². The first-order chi connectivity index (χ1) is 11.0. The molecule has 2 rings (SSSR count). The van der Waals surface area contributed by atoms with Gasteiger partial charge in [-0.1, -0.05) is 49.2 Å². The lowest BCUT2D eigenvalue weighted by molar-refractivity contribution is 0.440. The summed E-state index contributed by atoms with van der Waals surface area (Å²) in [6.07, 6.45) is 8.63. The van der Waals surface area contributed by atoms with Crippen molar-refractivity contribution in [1.29, 1.82) is 0 Å². The molecule has 0 nitrogen and oxygen atoms in total. The number of hydrogen-bond donors (Lipinski definition) is 0. The van der Waals surface area contributed by atoms with Crippen molar-refractivity contribution in [1.82, 2.24) is 0 Å². The summed E-state index contributed by atoms with van der Waals surface area (Å²) >= 11 is 9.33. The largest absolute Gasteiger partial charge is 0.164 e. The minimum Gasteiger partial charge on any atom is -0.164 e. The van der Waals surface area contributed by atoms with Gasteiger partial charge in [0.25, 0.3) is 0 Å². The molecule has 0 radical (unpaired) electrons. The molecule has 0 aliphatic carbocycles. The van der Waals surface area contributed by atoms with Crippen LogP contribution in [-0.4, -0.2) is 13.8 Å². The molecule has 0 saturated heterocycles. The zero-order chi connectivity index (χ0) is 17.0. The smallest absolute Gasteiger partial charge is 0.0708 e. The van der Waals surface area contributed by atoms with Crippen LogP contribution in [0.1, 0.15) is 56.9 Å². The number of aryl methyl sites for hydroxylation is 1. The number of allylic oxidation sites excluding steroid dienone is 2. The molecule has 0 N–H and O–H groups in total. The number of halogens is 2. The Morgan fingerprint density at radius 2 is 2.09 bits per heavy atom. The van der Waals surface area contributed by atoms with Gasteiger partial charge in [-0.2, -0.15) is 9.89 Å². The van der Waals surface area contributed by atoms with Crippen molar-refractivity contribution in [3.05, 3.63) is 37.4 Å². The Kier molecular flexibility index (Phi) is 8.20. The lowest BCUT2D eigenvalue weighted by atomic mass is 9.93. The summed E-state index contributed by atoms with van der Waals surface area (Å²) in [7, 11) is 2.43. The SMILES string of the molecule is CCc1cc(Br)sc1C1=C(CCC(CC)CC(C)Br)C=CS1=[SiH2]. The molecule has 1 aliphatic rings. The van der Waals surface area contributed by atoms with Crippen LogP contribution in [0.15, 0.2) is 26.9 Å². The monoisotopic (exact) mass is 492 g/mol. The Labute approximate surface area is 167 Å². The van der Waals surface area contributed by atoms with Gasteiger partial charge >= 0.3 is 0 Å². The molecule has 3 unspecified atom stereocenters. The van der Waals surface area contributed by atoms with Gasteiger partial charge in [0, 0.05) is 23.6 Å². The highest BCUT2D eigenvalue weighted by Crippen LogP contribution is 2.48. The number of hydrogen-bond acceptors (Lipinski definition) is 1. The summed E-state index contributed by atoms with van der Waals surface area (Å²) in [5.74, 6) is 0.828. The third kappa shape index (κ3) is 5.34. The zero-order valence-corrected chi connectivity index (χ0v) is 20.4. The highest BCUT2D eigenvalue weighted by atomic mass is 79.9. The summed E-state index contributed by atoms with van der Waals surface area (Å²) in [6.45, 7) is 6.86. The fourth-order valence-electron chi connectivity index (χ4n) is 3.10. The third-order valence-corrected chi connectivity index (χ3v) is 9.51. The van der Waals surface area contributed by atoms with Crippen LogP contribution in [0.3, 0.4) is 0 Å². The van der Waals surface area contributed by atoms with Crippen molar-refractivity contribution in [3.8, 4) is 0 Å². The number of alkyl halides is 1. The molecular formula is C18H26Br2S2Si. The maximum Gasteiger partial charge on any atom is 0.0708 e. The second kappa shape index (κ2) is 9.42. The van der Waals surface area contributed by atoms with Crippen molar-refractivity contribution in [2.45, 2.75) is 57.7 Å². The highest BCUT2D eigenvalue weighted by Gasteiger charge is 2.20. The van der Waals surface area contributed by atoms with Crippen LogP contribution in [0.25, 0.3) is 4.91 Å². The van der Waals surface area contributed by atoms with Crippen molar-refractivity contribution in [2.24, 2.45) is 5.92 Å². The first-order valence-electron chi connectivity index (χ1n) is 8.32. The minimum absolute atomic E-state index is 0.290.